The zero-order valence-electron chi connectivity index (χ0n) is 10.6. The lowest BCUT2D eigenvalue weighted by Crippen LogP contribution is -2.35. The highest BCUT2D eigenvalue weighted by molar-refractivity contribution is 6.18. The number of hydrogen-bond acceptors (Lipinski definition) is 2. The lowest BCUT2D eigenvalue weighted by Gasteiger charge is -2.21. The van der Waals surface area contributed by atoms with E-state index in [4.69, 9.17) is 16.3 Å². The van der Waals surface area contributed by atoms with Crippen molar-refractivity contribution in [2.45, 2.75) is 6.92 Å². The second-order valence-corrected chi connectivity index (χ2v) is 4.37. The molecular formula is C13H17ClFNO2. The number of benzene rings is 1. The van der Waals surface area contributed by atoms with E-state index >= 15 is 0 Å². The molecule has 0 radical (unpaired) electrons. The van der Waals surface area contributed by atoms with E-state index in [-0.39, 0.29) is 5.91 Å². The predicted octanol–water partition coefficient (Wildman–Crippen LogP) is 2.46. The summed E-state index contributed by atoms with van der Waals surface area (Å²) < 4.78 is 18.2. The Labute approximate surface area is 111 Å². The van der Waals surface area contributed by atoms with Crippen molar-refractivity contribution in [1.29, 1.82) is 0 Å². The molecule has 0 aliphatic heterocycles. The van der Waals surface area contributed by atoms with Crippen LogP contribution < -0.4 is 0 Å². The minimum Gasteiger partial charge on any atom is -0.383 e. The fraction of sp³-hybridized carbons (Fsp3) is 0.462. The van der Waals surface area contributed by atoms with Crippen LogP contribution in [0.15, 0.2) is 18.2 Å². The first-order chi connectivity index (χ1) is 8.58. The summed E-state index contributed by atoms with van der Waals surface area (Å²) in [5.74, 6) is -0.296. The third-order valence-corrected chi connectivity index (χ3v) is 2.67. The molecule has 0 N–H and O–H groups in total. The highest BCUT2D eigenvalue weighted by atomic mass is 35.5. The number of carbonyl (C=O) groups is 1. The fourth-order valence-corrected chi connectivity index (χ4v) is 1.86. The quantitative estimate of drug-likeness (QED) is 0.745. The highest BCUT2D eigenvalue weighted by Crippen LogP contribution is 2.11. The average molecular weight is 274 g/mol. The van der Waals surface area contributed by atoms with Crippen LogP contribution in [0.4, 0.5) is 4.39 Å². The van der Waals surface area contributed by atoms with Crippen molar-refractivity contribution in [3.63, 3.8) is 0 Å². The van der Waals surface area contributed by atoms with Gasteiger partial charge in [0.1, 0.15) is 5.82 Å². The summed E-state index contributed by atoms with van der Waals surface area (Å²) in [6.45, 7) is 3.04. The van der Waals surface area contributed by atoms with Crippen molar-refractivity contribution in [3.05, 3.63) is 35.1 Å². The SMILES string of the molecule is COCCN(CCCl)C(=O)c1cc(C)cc(F)c1. The van der Waals surface area contributed by atoms with Crippen LogP contribution in [0.1, 0.15) is 15.9 Å². The topological polar surface area (TPSA) is 29.5 Å². The molecule has 0 spiro atoms. The number of halogens is 2. The van der Waals surface area contributed by atoms with Crippen LogP contribution in [-0.4, -0.2) is 43.5 Å². The summed E-state index contributed by atoms with van der Waals surface area (Å²) in [7, 11) is 1.57. The van der Waals surface area contributed by atoms with Crippen LogP contribution in [0, 0.1) is 12.7 Å². The van der Waals surface area contributed by atoms with Gasteiger partial charge in [0.15, 0.2) is 0 Å². The van der Waals surface area contributed by atoms with Gasteiger partial charge in [-0.2, -0.15) is 0 Å². The zero-order chi connectivity index (χ0) is 13.5. The van der Waals surface area contributed by atoms with Crippen LogP contribution in [-0.2, 0) is 4.74 Å². The minimum atomic E-state index is -0.407. The first-order valence-corrected chi connectivity index (χ1v) is 6.23. The van der Waals surface area contributed by atoms with Gasteiger partial charge in [-0.3, -0.25) is 4.79 Å². The van der Waals surface area contributed by atoms with E-state index in [1.165, 1.54) is 12.1 Å². The van der Waals surface area contributed by atoms with Crippen LogP contribution >= 0.6 is 11.6 Å². The molecule has 0 aliphatic carbocycles. The van der Waals surface area contributed by atoms with Crippen LogP contribution in [0.5, 0.6) is 0 Å². The Hall–Kier alpha value is -1.13. The van der Waals surface area contributed by atoms with Crippen molar-refractivity contribution < 1.29 is 13.9 Å². The van der Waals surface area contributed by atoms with E-state index in [1.807, 2.05) is 0 Å². The molecule has 0 fully saturated rings. The smallest absolute Gasteiger partial charge is 0.254 e. The minimum absolute atomic E-state index is 0.227. The highest BCUT2D eigenvalue weighted by Gasteiger charge is 2.16. The van der Waals surface area contributed by atoms with Gasteiger partial charge >= 0.3 is 0 Å². The maximum absolute atomic E-state index is 13.3. The number of nitrogens with zero attached hydrogens (tertiary/aromatic N) is 1. The van der Waals surface area contributed by atoms with Gasteiger partial charge < -0.3 is 9.64 Å². The van der Waals surface area contributed by atoms with Crippen molar-refractivity contribution in [2.75, 3.05) is 32.7 Å². The normalized spacial score (nSPS) is 10.4. The number of alkyl halides is 1. The predicted molar refractivity (Wildman–Crippen MR) is 69.6 cm³/mol. The van der Waals surface area contributed by atoms with Gasteiger partial charge in [0.05, 0.1) is 6.61 Å². The number of amides is 1. The van der Waals surface area contributed by atoms with E-state index in [9.17, 15) is 9.18 Å². The average Bonchev–Trinajstić information content (AvgIpc) is 2.32. The molecule has 1 aromatic carbocycles. The third kappa shape index (κ3) is 4.27. The lowest BCUT2D eigenvalue weighted by atomic mass is 10.1. The van der Waals surface area contributed by atoms with Gasteiger partial charge in [0, 0.05) is 31.6 Å². The summed E-state index contributed by atoms with van der Waals surface area (Å²) in [5.41, 5.74) is 1.06. The number of methoxy groups -OCH3 is 1. The van der Waals surface area contributed by atoms with Crippen LogP contribution in [0.2, 0.25) is 0 Å². The largest absolute Gasteiger partial charge is 0.383 e. The lowest BCUT2D eigenvalue weighted by molar-refractivity contribution is 0.0707. The monoisotopic (exact) mass is 273 g/mol. The van der Waals surface area contributed by atoms with Gasteiger partial charge in [0.25, 0.3) is 5.91 Å². The van der Waals surface area contributed by atoms with Gasteiger partial charge in [0.2, 0.25) is 0 Å². The number of carbonyl (C=O) groups excluding carboxylic acids is 1. The Balaban J connectivity index is 2.86. The molecule has 3 nitrogen and oxygen atoms in total. The van der Waals surface area contributed by atoms with Gasteiger partial charge in [-0.1, -0.05) is 0 Å². The molecule has 0 unspecified atom stereocenters. The molecule has 100 valence electrons. The Morgan fingerprint density at radius 2 is 2.11 bits per heavy atom. The first-order valence-electron chi connectivity index (χ1n) is 5.70. The van der Waals surface area contributed by atoms with Crippen molar-refractivity contribution in [2.24, 2.45) is 0 Å². The van der Waals surface area contributed by atoms with E-state index in [0.717, 1.165) is 5.56 Å². The molecule has 0 saturated carbocycles. The first kappa shape index (κ1) is 14.9. The second kappa shape index (κ2) is 7.34. The van der Waals surface area contributed by atoms with Crippen molar-refractivity contribution >= 4 is 17.5 Å². The number of rotatable bonds is 6. The van der Waals surface area contributed by atoms with E-state index in [2.05, 4.69) is 0 Å². The summed E-state index contributed by atoms with van der Waals surface area (Å²) in [4.78, 5) is 13.8. The maximum atomic E-state index is 13.3. The Bertz CT molecular complexity index is 392. The van der Waals surface area contributed by atoms with Crippen molar-refractivity contribution in [1.82, 2.24) is 4.90 Å². The Morgan fingerprint density at radius 1 is 1.39 bits per heavy atom. The van der Waals surface area contributed by atoms with Crippen LogP contribution in [0.3, 0.4) is 0 Å². The molecule has 0 aromatic heterocycles. The molecule has 1 aromatic rings. The number of ether oxygens (including phenoxy) is 1. The molecule has 1 amide bonds. The second-order valence-electron chi connectivity index (χ2n) is 3.99. The Kier molecular flexibility index (Phi) is 6.09. The third-order valence-electron chi connectivity index (χ3n) is 2.50. The molecule has 5 heteroatoms. The molecular weight excluding hydrogens is 257 g/mol. The van der Waals surface area contributed by atoms with E-state index < -0.39 is 5.82 Å². The molecule has 0 saturated heterocycles. The van der Waals surface area contributed by atoms with E-state index in [0.29, 0.717) is 31.1 Å². The van der Waals surface area contributed by atoms with Crippen molar-refractivity contribution in [3.8, 4) is 0 Å². The van der Waals surface area contributed by atoms with Gasteiger partial charge in [-0.05, 0) is 30.7 Å². The molecule has 0 atom stereocenters. The molecule has 0 bridgehead atoms. The summed E-state index contributed by atoms with van der Waals surface area (Å²) in [6.07, 6.45) is 0. The maximum Gasteiger partial charge on any atom is 0.254 e. The molecule has 0 heterocycles. The Morgan fingerprint density at radius 3 is 2.67 bits per heavy atom. The molecule has 0 aliphatic rings. The molecule has 1 rings (SSSR count). The molecule has 18 heavy (non-hydrogen) atoms. The zero-order valence-corrected chi connectivity index (χ0v) is 11.3. The summed E-state index contributed by atoms with van der Waals surface area (Å²) in [6, 6.07) is 4.29. The standard InChI is InChI=1S/C13H17ClFNO2/c1-10-7-11(9-12(15)8-10)13(17)16(4-3-14)5-6-18-2/h7-9H,3-6H2,1-2H3. The van der Waals surface area contributed by atoms with Crippen LogP contribution in [0.25, 0.3) is 0 Å². The number of hydrogen-bond donors (Lipinski definition) is 0. The van der Waals surface area contributed by atoms with E-state index in [1.54, 1.807) is 25.0 Å². The fourth-order valence-electron chi connectivity index (χ4n) is 1.66. The summed E-state index contributed by atoms with van der Waals surface area (Å²) in [5, 5.41) is 0. The van der Waals surface area contributed by atoms with Gasteiger partial charge in [-0.25, -0.2) is 4.39 Å². The summed E-state index contributed by atoms with van der Waals surface area (Å²) >= 11 is 5.66. The number of aryl methyl sites for hydroxylation is 1. The van der Waals surface area contributed by atoms with Gasteiger partial charge in [-0.15, -0.1) is 11.6 Å².